The number of thiocarbonyl (C=S) groups is 1. The molecule has 1 fully saturated rings. The van der Waals surface area contributed by atoms with Crippen LogP contribution in [0.3, 0.4) is 0 Å². The number of carbonyl (C=O) groups excluding carboxylic acids is 1. The molecule has 0 spiro atoms. The van der Waals surface area contributed by atoms with Crippen molar-refractivity contribution in [2.24, 2.45) is 5.92 Å². The first-order valence-electron chi connectivity index (χ1n) is 9.46. The second-order valence-electron chi connectivity index (χ2n) is 6.96. The Balaban J connectivity index is 1.23. The summed E-state index contributed by atoms with van der Waals surface area (Å²) in [7, 11) is 0. The molecule has 146 valence electrons. The van der Waals surface area contributed by atoms with E-state index in [0.29, 0.717) is 6.54 Å². The summed E-state index contributed by atoms with van der Waals surface area (Å²) < 4.78 is 10.7. The molecule has 1 amide bonds. The van der Waals surface area contributed by atoms with Crippen molar-refractivity contribution in [3.05, 3.63) is 54.1 Å². The number of nitrogens with zero attached hydrogens (tertiary/aromatic N) is 1. The number of nitrogens with one attached hydrogen (secondary N) is 2. The largest absolute Gasteiger partial charge is 0.454 e. The summed E-state index contributed by atoms with van der Waals surface area (Å²) in [5.74, 6) is 1.66. The van der Waals surface area contributed by atoms with Crippen LogP contribution in [0.4, 0.5) is 5.69 Å². The fraction of sp³-hybridized carbons (Fsp3) is 0.333. The molecule has 2 aliphatic heterocycles. The maximum atomic E-state index is 12.4. The summed E-state index contributed by atoms with van der Waals surface area (Å²) in [5.41, 5.74) is 1.93. The van der Waals surface area contributed by atoms with Gasteiger partial charge in [0, 0.05) is 31.2 Å². The normalized spacial score (nSPS) is 15.9. The van der Waals surface area contributed by atoms with Crippen LogP contribution in [0.1, 0.15) is 18.4 Å². The van der Waals surface area contributed by atoms with Crippen molar-refractivity contribution >= 4 is 28.9 Å². The van der Waals surface area contributed by atoms with Crippen molar-refractivity contribution in [1.82, 2.24) is 10.2 Å². The summed E-state index contributed by atoms with van der Waals surface area (Å²) in [6, 6.07) is 15.5. The number of likely N-dealkylation sites (tertiary alicyclic amines) is 1. The molecular weight excluding hydrogens is 374 g/mol. The van der Waals surface area contributed by atoms with Crippen LogP contribution in [-0.4, -0.2) is 35.8 Å². The van der Waals surface area contributed by atoms with Gasteiger partial charge in [-0.3, -0.25) is 4.79 Å². The number of benzene rings is 2. The van der Waals surface area contributed by atoms with Crippen LogP contribution in [0, 0.1) is 5.92 Å². The number of fused-ring (bicyclic) bond motifs is 1. The number of ether oxygens (including phenoxy) is 2. The smallest absolute Gasteiger partial charge is 0.231 e. The maximum absolute atomic E-state index is 12.4. The monoisotopic (exact) mass is 397 g/mol. The van der Waals surface area contributed by atoms with Gasteiger partial charge in [0.2, 0.25) is 12.7 Å². The first-order chi connectivity index (χ1) is 13.7. The summed E-state index contributed by atoms with van der Waals surface area (Å²) in [6.45, 7) is 2.46. The van der Waals surface area contributed by atoms with Crippen molar-refractivity contribution < 1.29 is 14.3 Å². The minimum absolute atomic E-state index is 0.0214. The molecule has 2 aromatic rings. The van der Waals surface area contributed by atoms with E-state index in [1.807, 2.05) is 48.5 Å². The van der Waals surface area contributed by atoms with Gasteiger partial charge in [0.15, 0.2) is 16.6 Å². The summed E-state index contributed by atoms with van der Waals surface area (Å²) >= 11 is 5.54. The molecule has 1 saturated heterocycles. The minimum Gasteiger partial charge on any atom is -0.454 e. The van der Waals surface area contributed by atoms with Crippen molar-refractivity contribution in [3.8, 4) is 11.5 Å². The van der Waals surface area contributed by atoms with E-state index < -0.39 is 0 Å². The van der Waals surface area contributed by atoms with E-state index in [2.05, 4.69) is 15.5 Å². The maximum Gasteiger partial charge on any atom is 0.231 e. The SMILES string of the molecule is O=C(Nc1ccccc1)C1CCN(C(=S)NCc2ccc3c(c2)OCO3)CC1. The van der Waals surface area contributed by atoms with Crippen LogP contribution in [0.25, 0.3) is 0 Å². The molecule has 6 nitrogen and oxygen atoms in total. The molecule has 0 aromatic heterocycles. The van der Waals surface area contributed by atoms with Gasteiger partial charge >= 0.3 is 0 Å². The second-order valence-corrected chi connectivity index (χ2v) is 7.35. The third-order valence-electron chi connectivity index (χ3n) is 5.08. The lowest BCUT2D eigenvalue weighted by molar-refractivity contribution is -0.120. The van der Waals surface area contributed by atoms with Gasteiger partial charge in [-0.25, -0.2) is 0 Å². The lowest BCUT2D eigenvalue weighted by Gasteiger charge is -2.33. The lowest BCUT2D eigenvalue weighted by Crippen LogP contribution is -2.45. The number of para-hydroxylation sites is 1. The van der Waals surface area contributed by atoms with Crippen molar-refractivity contribution in [3.63, 3.8) is 0 Å². The fourth-order valence-corrected chi connectivity index (χ4v) is 3.71. The summed E-state index contributed by atoms with van der Waals surface area (Å²) in [4.78, 5) is 14.6. The zero-order chi connectivity index (χ0) is 19.3. The Morgan fingerprint density at radius 3 is 2.61 bits per heavy atom. The molecule has 2 aromatic carbocycles. The molecule has 2 aliphatic rings. The highest BCUT2D eigenvalue weighted by atomic mass is 32.1. The van der Waals surface area contributed by atoms with Crippen LogP contribution in [0.15, 0.2) is 48.5 Å². The summed E-state index contributed by atoms with van der Waals surface area (Å²) in [5, 5.41) is 7.02. The van der Waals surface area contributed by atoms with E-state index in [9.17, 15) is 4.79 Å². The summed E-state index contributed by atoms with van der Waals surface area (Å²) in [6.07, 6.45) is 1.59. The van der Waals surface area contributed by atoms with E-state index in [1.165, 1.54) is 0 Å². The number of rotatable bonds is 4. The lowest BCUT2D eigenvalue weighted by atomic mass is 9.96. The van der Waals surface area contributed by atoms with E-state index in [1.54, 1.807) is 0 Å². The van der Waals surface area contributed by atoms with E-state index in [0.717, 1.165) is 53.8 Å². The van der Waals surface area contributed by atoms with Crippen LogP contribution < -0.4 is 20.1 Å². The van der Waals surface area contributed by atoms with Gasteiger partial charge in [-0.2, -0.15) is 0 Å². The van der Waals surface area contributed by atoms with Crippen molar-refractivity contribution in [2.75, 3.05) is 25.2 Å². The van der Waals surface area contributed by atoms with Gasteiger partial charge in [-0.05, 0) is 54.9 Å². The number of piperidine rings is 1. The predicted octanol–water partition coefficient (Wildman–Crippen LogP) is 3.14. The van der Waals surface area contributed by atoms with Gasteiger partial charge in [0.25, 0.3) is 0 Å². The zero-order valence-electron chi connectivity index (χ0n) is 15.5. The first kappa shape index (κ1) is 18.6. The number of anilines is 1. The Morgan fingerprint density at radius 2 is 1.82 bits per heavy atom. The highest BCUT2D eigenvalue weighted by Gasteiger charge is 2.26. The van der Waals surface area contributed by atoms with Crippen LogP contribution in [0.2, 0.25) is 0 Å². The molecule has 2 heterocycles. The highest BCUT2D eigenvalue weighted by molar-refractivity contribution is 7.80. The molecule has 0 radical (unpaired) electrons. The standard InChI is InChI=1S/C21H23N3O3S/c25-20(23-17-4-2-1-3-5-17)16-8-10-24(11-9-16)21(28)22-13-15-6-7-18-19(12-15)27-14-26-18/h1-7,12,16H,8-11,13-14H2,(H,22,28)(H,23,25). The molecule has 0 aliphatic carbocycles. The van der Waals surface area contributed by atoms with Crippen LogP contribution >= 0.6 is 12.2 Å². The zero-order valence-corrected chi connectivity index (χ0v) is 16.3. The number of hydrogen-bond donors (Lipinski definition) is 2. The van der Waals surface area contributed by atoms with E-state index in [4.69, 9.17) is 21.7 Å². The molecule has 0 saturated carbocycles. The second kappa shape index (κ2) is 8.48. The fourth-order valence-electron chi connectivity index (χ4n) is 3.45. The van der Waals surface area contributed by atoms with Gasteiger partial charge < -0.3 is 25.0 Å². The Morgan fingerprint density at radius 1 is 1.07 bits per heavy atom. The number of hydrogen-bond acceptors (Lipinski definition) is 4. The number of carbonyl (C=O) groups is 1. The molecule has 7 heteroatoms. The average Bonchev–Trinajstić information content (AvgIpc) is 3.21. The predicted molar refractivity (Wildman–Crippen MR) is 111 cm³/mol. The van der Waals surface area contributed by atoms with E-state index in [-0.39, 0.29) is 18.6 Å². The third kappa shape index (κ3) is 4.36. The van der Waals surface area contributed by atoms with Crippen LogP contribution in [0.5, 0.6) is 11.5 Å². The number of amides is 1. The highest BCUT2D eigenvalue weighted by Crippen LogP contribution is 2.32. The molecule has 0 atom stereocenters. The first-order valence-corrected chi connectivity index (χ1v) is 9.87. The van der Waals surface area contributed by atoms with Gasteiger partial charge in [-0.1, -0.05) is 24.3 Å². The minimum atomic E-state index is 0.0214. The van der Waals surface area contributed by atoms with Crippen molar-refractivity contribution in [2.45, 2.75) is 19.4 Å². The van der Waals surface area contributed by atoms with Crippen LogP contribution in [-0.2, 0) is 11.3 Å². The Hall–Kier alpha value is -2.80. The Kier molecular flexibility index (Phi) is 5.62. The third-order valence-corrected chi connectivity index (χ3v) is 5.48. The topological polar surface area (TPSA) is 62.8 Å². The Bertz CT molecular complexity index is 851. The average molecular weight is 398 g/mol. The van der Waals surface area contributed by atoms with Gasteiger partial charge in [0.05, 0.1) is 0 Å². The molecule has 2 N–H and O–H groups in total. The van der Waals surface area contributed by atoms with Gasteiger partial charge in [-0.15, -0.1) is 0 Å². The van der Waals surface area contributed by atoms with E-state index >= 15 is 0 Å². The molecule has 0 unspecified atom stereocenters. The Labute approximate surface area is 169 Å². The van der Waals surface area contributed by atoms with Gasteiger partial charge in [0.1, 0.15) is 0 Å². The molecule has 28 heavy (non-hydrogen) atoms. The molecule has 0 bridgehead atoms. The molecule has 4 rings (SSSR count). The molecular formula is C21H23N3O3S. The van der Waals surface area contributed by atoms with Crippen molar-refractivity contribution in [1.29, 1.82) is 0 Å². The quantitative estimate of drug-likeness (QED) is 0.773.